The Balaban J connectivity index is 2.51. The average Bonchev–Trinajstić information content (AvgIpc) is 2.69. The van der Waals surface area contributed by atoms with Gasteiger partial charge in [-0.05, 0) is 19.5 Å². The van der Waals surface area contributed by atoms with Crippen molar-refractivity contribution < 1.29 is 8.78 Å². The number of hydrogen-bond acceptors (Lipinski definition) is 2. The Morgan fingerprint density at radius 3 is 2.63 bits per heavy atom. The van der Waals surface area contributed by atoms with E-state index < -0.39 is 17.7 Å². The van der Waals surface area contributed by atoms with Gasteiger partial charge in [0.05, 0.1) is 11.7 Å². The van der Waals surface area contributed by atoms with E-state index in [4.69, 9.17) is 0 Å². The van der Waals surface area contributed by atoms with E-state index in [0.717, 1.165) is 17.3 Å². The average molecular weight is 265 g/mol. The SMILES string of the molecule is CCNC(c1cn(C)nc1C)c1cccc(F)c1F. The van der Waals surface area contributed by atoms with Gasteiger partial charge in [-0.1, -0.05) is 19.1 Å². The zero-order valence-electron chi connectivity index (χ0n) is 11.2. The fraction of sp³-hybridized carbons (Fsp3) is 0.357. The number of rotatable bonds is 4. The first-order valence-electron chi connectivity index (χ1n) is 6.22. The second-order valence-corrected chi connectivity index (χ2v) is 4.48. The van der Waals surface area contributed by atoms with Gasteiger partial charge in [0.2, 0.25) is 0 Å². The molecular formula is C14H17F2N3. The van der Waals surface area contributed by atoms with Crippen LogP contribution in [-0.2, 0) is 7.05 Å². The van der Waals surface area contributed by atoms with E-state index in [9.17, 15) is 8.78 Å². The number of halogens is 2. The van der Waals surface area contributed by atoms with Crippen molar-refractivity contribution in [2.24, 2.45) is 7.05 Å². The van der Waals surface area contributed by atoms with Gasteiger partial charge in [0, 0.05) is 24.4 Å². The highest BCUT2D eigenvalue weighted by Gasteiger charge is 2.22. The lowest BCUT2D eigenvalue weighted by Gasteiger charge is -2.18. The molecule has 0 amide bonds. The van der Waals surface area contributed by atoms with E-state index in [1.165, 1.54) is 6.07 Å². The second kappa shape index (κ2) is 5.48. The molecule has 0 saturated heterocycles. The lowest BCUT2D eigenvalue weighted by molar-refractivity contribution is 0.482. The number of aromatic nitrogens is 2. The number of benzene rings is 1. The van der Waals surface area contributed by atoms with E-state index in [2.05, 4.69) is 10.4 Å². The summed E-state index contributed by atoms with van der Waals surface area (Å²) in [4.78, 5) is 0. The van der Waals surface area contributed by atoms with E-state index in [0.29, 0.717) is 12.1 Å². The highest BCUT2D eigenvalue weighted by Crippen LogP contribution is 2.27. The van der Waals surface area contributed by atoms with Crippen molar-refractivity contribution in [2.45, 2.75) is 19.9 Å². The summed E-state index contributed by atoms with van der Waals surface area (Å²) in [5.41, 5.74) is 1.96. The fourth-order valence-corrected chi connectivity index (χ4v) is 2.24. The van der Waals surface area contributed by atoms with Crippen molar-refractivity contribution in [3.63, 3.8) is 0 Å². The maximum atomic E-state index is 14.0. The Morgan fingerprint density at radius 1 is 1.32 bits per heavy atom. The molecule has 1 aromatic carbocycles. The molecule has 1 aromatic heterocycles. The molecule has 1 heterocycles. The Morgan fingerprint density at radius 2 is 2.05 bits per heavy atom. The molecule has 5 heteroatoms. The molecule has 0 bridgehead atoms. The summed E-state index contributed by atoms with van der Waals surface area (Å²) >= 11 is 0. The van der Waals surface area contributed by atoms with Gasteiger partial charge in [-0.3, -0.25) is 4.68 Å². The van der Waals surface area contributed by atoms with Crippen LogP contribution in [-0.4, -0.2) is 16.3 Å². The molecule has 102 valence electrons. The predicted molar refractivity (Wildman–Crippen MR) is 69.8 cm³/mol. The molecule has 2 aromatic rings. The van der Waals surface area contributed by atoms with Crippen molar-refractivity contribution in [3.05, 3.63) is 52.9 Å². The number of nitrogens with zero attached hydrogens (tertiary/aromatic N) is 2. The van der Waals surface area contributed by atoms with Crippen LogP contribution in [0.4, 0.5) is 8.78 Å². The molecule has 1 unspecified atom stereocenters. The van der Waals surface area contributed by atoms with Gasteiger partial charge in [0.25, 0.3) is 0 Å². The highest BCUT2D eigenvalue weighted by atomic mass is 19.2. The molecule has 0 aliphatic carbocycles. The van der Waals surface area contributed by atoms with Crippen LogP contribution in [0.1, 0.15) is 29.8 Å². The third kappa shape index (κ3) is 2.66. The largest absolute Gasteiger partial charge is 0.306 e. The zero-order chi connectivity index (χ0) is 14.0. The molecular weight excluding hydrogens is 248 g/mol. The second-order valence-electron chi connectivity index (χ2n) is 4.48. The van der Waals surface area contributed by atoms with Gasteiger partial charge >= 0.3 is 0 Å². The third-order valence-corrected chi connectivity index (χ3v) is 3.06. The minimum atomic E-state index is -0.832. The molecule has 19 heavy (non-hydrogen) atoms. The van der Waals surface area contributed by atoms with Crippen molar-refractivity contribution in [2.75, 3.05) is 6.54 Å². The molecule has 0 aliphatic rings. The summed E-state index contributed by atoms with van der Waals surface area (Å²) in [6.07, 6.45) is 1.83. The van der Waals surface area contributed by atoms with E-state index >= 15 is 0 Å². The summed E-state index contributed by atoms with van der Waals surface area (Å²) in [6, 6.07) is 3.84. The Kier molecular flexibility index (Phi) is 3.95. The van der Waals surface area contributed by atoms with Gasteiger partial charge in [0.15, 0.2) is 11.6 Å². The molecule has 1 N–H and O–H groups in total. The molecule has 0 radical (unpaired) electrons. The van der Waals surface area contributed by atoms with Crippen molar-refractivity contribution in [1.29, 1.82) is 0 Å². The summed E-state index contributed by atoms with van der Waals surface area (Å²) in [7, 11) is 1.81. The fourth-order valence-electron chi connectivity index (χ4n) is 2.24. The van der Waals surface area contributed by atoms with Gasteiger partial charge in [-0.25, -0.2) is 8.78 Å². The smallest absolute Gasteiger partial charge is 0.163 e. The Labute approximate surface area is 111 Å². The molecule has 0 aliphatic heterocycles. The highest BCUT2D eigenvalue weighted by molar-refractivity contribution is 5.34. The lowest BCUT2D eigenvalue weighted by Crippen LogP contribution is -2.23. The Bertz CT molecular complexity index is 578. The molecule has 3 nitrogen and oxygen atoms in total. The standard InChI is InChI=1S/C14H17F2N3/c1-4-17-14(11-8-19(3)18-9(11)2)10-6-5-7-12(15)13(10)16/h5-8,14,17H,4H2,1-3H3. The van der Waals surface area contributed by atoms with Crippen LogP contribution in [0.3, 0.4) is 0 Å². The lowest BCUT2D eigenvalue weighted by atomic mass is 9.98. The van der Waals surface area contributed by atoms with Crippen molar-refractivity contribution in [1.82, 2.24) is 15.1 Å². The Hall–Kier alpha value is -1.75. The molecule has 0 saturated carbocycles. The van der Waals surface area contributed by atoms with Crippen LogP contribution in [0.25, 0.3) is 0 Å². The molecule has 0 spiro atoms. The quantitative estimate of drug-likeness (QED) is 0.921. The van der Waals surface area contributed by atoms with Gasteiger partial charge in [0.1, 0.15) is 0 Å². The van der Waals surface area contributed by atoms with Gasteiger partial charge in [-0.15, -0.1) is 0 Å². The van der Waals surface area contributed by atoms with Crippen LogP contribution in [0.15, 0.2) is 24.4 Å². The van der Waals surface area contributed by atoms with Crippen LogP contribution < -0.4 is 5.32 Å². The van der Waals surface area contributed by atoms with E-state index in [-0.39, 0.29) is 0 Å². The number of aryl methyl sites for hydroxylation is 2. The first-order valence-corrected chi connectivity index (χ1v) is 6.22. The van der Waals surface area contributed by atoms with Gasteiger partial charge in [-0.2, -0.15) is 5.10 Å². The van der Waals surface area contributed by atoms with Crippen LogP contribution in [0, 0.1) is 18.6 Å². The topological polar surface area (TPSA) is 29.9 Å². The van der Waals surface area contributed by atoms with Crippen molar-refractivity contribution in [3.8, 4) is 0 Å². The van der Waals surface area contributed by atoms with E-state index in [1.54, 1.807) is 17.8 Å². The minimum absolute atomic E-state index is 0.304. The summed E-state index contributed by atoms with van der Waals surface area (Å²) < 4.78 is 29.0. The maximum Gasteiger partial charge on any atom is 0.163 e. The molecule has 2 rings (SSSR count). The molecule has 0 fully saturated rings. The van der Waals surface area contributed by atoms with Crippen molar-refractivity contribution >= 4 is 0 Å². The molecule has 1 atom stereocenters. The number of hydrogen-bond donors (Lipinski definition) is 1. The predicted octanol–water partition coefficient (Wildman–Crippen LogP) is 2.71. The summed E-state index contributed by atoms with van der Waals surface area (Å²) in [6.45, 7) is 4.43. The zero-order valence-corrected chi connectivity index (χ0v) is 11.2. The summed E-state index contributed by atoms with van der Waals surface area (Å²) in [5.74, 6) is -1.64. The monoisotopic (exact) mass is 265 g/mol. The van der Waals surface area contributed by atoms with Crippen LogP contribution >= 0.6 is 0 Å². The normalized spacial score (nSPS) is 12.7. The minimum Gasteiger partial charge on any atom is -0.306 e. The first-order chi connectivity index (χ1) is 9.04. The number of nitrogens with one attached hydrogen (secondary N) is 1. The van der Waals surface area contributed by atoms with Gasteiger partial charge < -0.3 is 5.32 Å². The van der Waals surface area contributed by atoms with E-state index in [1.807, 2.05) is 20.0 Å². The third-order valence-electron chi connectivity index (χ3n) is 3.06. The first kappa shape index (κ1) is 13.7. The van der Waals surface area contributed by atoms with Crippen LogP contribution in [0.5, 0.6) is 0 Å². The van der Waals surface area contributed by atoms with Crippen LogP contribution in [0.2, 0.25) is 0 Å². The maximum absolute atomic E-state index is 14.0. The summed E-state index contributed by atoms with van der Waals surface area (Å²) in [5, 5.41) is 7.43.